The summed E-state index contributed by atoms with van der Waals surface area (Å²) in [6.07, 6.45) is 3.83. The molecule has 0 aliphatic carbocycles. The van der Waals surface area contributed by atoms with Gasteiger partial charge in [-0.1, -0.05) is 48.5 Å². The van der Waals surface area contributed by atoms with Crippen molar-refractivity contribution in [2.45, 2.75) is 6.54 Å². The Balaban J connectivity index is 1.77. The molecule has 0 aliphatic rings. The molecule has 0 bridgehead atoms. The molecule has 0 saturated heterocycles. The van der Waals surface area contributed by atoms with E-state index in [1.54, 1.807) is 6.07 Å². The first-order valence-corrected chi connectivity index (χ1v) is 8.73. The number of furan rings is 1. The van der Waals surface area contributed by atoms with E-state index in [1.807, 2.05) is 71.4 Å². The number of nitrogens with zero attached hydrogens (tertiary/aromatic N) is 2. The van der Waals surface area contributed by atoms with Crippen molar-refractivity contribution in [1.29, 1.82) is 5.26 Å². The fraction of sp³-hybridized carbons (Fsp3) is 0.0435. The zero-order valence-electron chi connectivity index (χ0n) is 14.9. The molecule has 5 nitrogen and oxygen atoms in total. The van der Waals surface area contributed by atoms with Crippen molar-refractivity contribution in [3.05, 3.63) is 95.6 Å². The molecule has 2 aromatic heterocycles. The van der Waals surface area contributed by atoms with Gasteiger partial charge in [0.15, 0.2) is 0 Å². The van der Waals surface area contributed by atoms with Gasteiger partial charge in [-0.3, -0.25) is 0 Å². The topological polar surface area (TPSA) is 79.2 Å². The summed E-state index contributed by atoms with van der Waals surface area (Å²) >= 11 is 0. The van der Waals surface area contributed by atoms with E-state index in [0.717, 1.165) is 22.0 Å². The van der Waals surface area contributed by atoms with Gasteiger partial charge in [0.05, 0.1) is 18.2 Å². The molecule has 4 rings (SSSR count). The highest BCUT2D eigenvalue weighted by Crippen LogP contribution is 2.27. The number of para-hydroxylation sites is 1. The van der Waals surface area contributed by atoms with Gasteiger partial charge in [0.1, 0.15) is 5.76 Å². The molecule has 0 saturated carbocycles. The lowest BCUT2D eigenvalue weighted by Crippen LogP contribution is -1.97. The number of allylic oxidation sites excluding steroid dienone is 1. The lowest BCUT2D eigenvalue weighted by molar-refractivity contribution is 0.0660. The second kappa shape index (κ2) is 7.29. The van der Waals surface area contributed by atoms with E-state index >= 15 is 0 Å². The maximum atomic E-state index is 11.0. The molecule has 0 unspecified atom stereocenters. The Morgan fingerprint density at radius 2 is 1.82 bits per heavy atom. The molecule has 1 N–H and O–H groups in total. The van der Waals surface area contributed by atoms with Gasteiger partial charge in [-0.2, -0.15) is 5.26 Å². The van der Waals surface area contributed by atoms with Gasteiger partial charge >= 0.3 is 5.97 Å². The summed E-state index contributed by atoms with van der Waals surface area (Å²) in [5, 5.41) is 19.7. The smallest absolute Gasteiger partial charge is 0.371 e. The van der Waals surface area contributed by atoms with Crippen LogP contribution in [0.4, 0.5) is 0 Å². The number of rotatable bonds is 5. The van der Waals surface area contributed by atoms with E-state index in [0.29, 0.717) is 17.9 Å². The summed E-state index contributed by atoms with van der Waals surface area (Å²) in [6.45, 7) is 0.398. The Labute approximate surface area is 161 Å². The van der Waals surface area contributed by atoms with Crippen molar-refractivity contribution in [3.63, 3.8) is 0 Å². The van der Waals surface area contributed by atoms with Crippen LogP contribution in [0.25, 0.3) is 22.6 Å². The van der Waals surface area contributed by atoms with Gasteiger partial charge in [-0.25, -0.2) is 4.79 Å². The van der Waals surface area contributed by atoms with Crippen molar-refractivity contribution < 1.29 is 14.3 Å². The van der Waals surface area contributed by atoms with Crippen LogP contribution in [0.1, 0.15) is 27.4 Å². The number of aromatic carboxylic acids is 1. The quantitative estimate of drug-likeness (QED) is 0.500. The summed E-state index contributed by atoms with van der Waals surface area (Å²) in [6, 6.07) is 22.8. The van der Waals surface area contributed by atoms with E-state index in [1.165, 1.54) is 6.07 Å². The lowest BCUT2D eigenvalue weighted by atomic mass is 10.0. The minimum atomic E-state index is -1.09. The van der Waals surface area contributed by atoms with Crippen LogP contribution in [-0.4, -0.2) is 15.6 Å². The molecular formula is C23H16N2O3. The molecule has 4 aromatic rings. The second-order valence-corrected chi connectivity index (χ2v) is 6.34. The maximum absolute atomic E-state index is 11.0. The lowest BCUT2D eigenvalue weighted by Gasteiger charge is -2.02. The van der Waals surface area contributed by atoms with Crippen LogP contribution in [-0.2, 0) is 6.54 Å². The minimum Gasteiger partial charge on any atom is -0.475 e. The van der Waals surface area contributed by atoms with Crippen molar-refractivity contribution in [2.75, 3.05) is 0 Å². The SMILES string of the molecule is N#C/C(=C\c1cn(Cc2ccc(C(=O)O)o2)c2ccccc12)c1ccccc1. The van der Waals surface area contributed by atoms with Crippen LogP contribution in [0.2, 0.25) is 0 Å². The number of hydrogen-bond donors (Lipinski definition) is 1. The highest BCUT2D eigenvalue weighted by atomic mass is 16.4. The number of carboxylic acid groups (broad SMARTS) is 1. The van der Waals surface area contributed by atoms with Crippen LogP contribution in [0.3, 0.4) is 0 Å². The third-order valence-corrected chi connectivity index (χ3v) is 4.52. The highest BCUT2D eigenvalue weighted by molar-refractivity contribution is 5.98. The number of benzene rings is 2. The standard InChI is InChI=1S/C23H16N2O3/c24-13-17(16-6-2-1-3-7-16)12-18-14-25(21-9-5-4-8-20(18)21)15-19-10-11-22(28-19)23(26)27/h1-12,14H,15H2,(H,26,27)/b17-12+. The predicted octanol–water partition coefficient (Wildman–Crippen LogP) is 5.04. The van der Waals surface area contributed by atoms with Gasteiger partial charge < -0.3 is 14.1 Å². The molecular weight excluding hydrogens is 352 g/mol. The third-order valence-electron chi connectivity index (χ3n) is 4.52. The van der Waals surface area contributed by atoms with E-state index in [2.05, 4.69) is 6.07 Å². The first-order valence-electron chi connectivity index (χ1n) is 8.73. The third kappa shape index (κ3) is 3.31. The van der Waals surface area contributed by atoms with Crippen molar-refractivity contribution in [2.24, 2.45) is 0 Å². The Hall–Kier alpha value is -4.04. The zero-order chi connectivity index (χ0) is 19.5. The van der Waals surface area contributed by atoms with Crippen molar-refractivity contribution in [3.8, 4) is 6.07 Å². The number of nitriles is 1. The van der Waals surface area contributed by atoms with Crippen LogP contribution >= 0.6 is 0 Å². The van der Waals surface area contributed by atoms with E-state index < -0.39 is 5.97 Å². The average Bonchev–Trinajstić information content (AvgIpc) is 3.33. The largest absolute Gasteiger partial charge is 0.475 e. The molecule has 2 aromatic carbocycles. The molecule has 0 fully saturated rings. The van der Waals surface area contributed by atoms with Gasteiger partial charge in [-0.15, -0.1) is 0 Å². The Bertz CT molecular complexity index is 1220. The zero-order valence-corrected chi connectivity index (χ0v) is 14.9. The first kappa shape index (κ1) is 17.4. The fourth-order valence-corrected chi connectivity index (χ4v) is 3.22. The maximum Gasteiger partial charge on any atom is 0.371 e. The van der Waals surface area contributed by atoms with E-state index in [4.69, 9.17) is 9.52 Å². The van der Waals surface area contributed by atoms with E-state index in [-0.39, 0.29) is 5.76 Å². The number of fused-ring (bicyclic) bond motifs is 1. The van der Waals surface area contributed by atoms with Crippen LogP contribution in [0.5, 0.6) is 0 Å². The number of carbonyl (C=O) groups is 1. The van der Waals surface area contributed by atoms with Gasteiger partial charge in [0, 0.05) is 22.7 Å². The average molecular weight is 368 g/mol. The number of aromatic nitrogens is 1. The monoisotopic (exact) mass is 368 g/mol. The summed E-state index contributed by atoms with van der Waals surface area (Å²) in [7, 11) is 0. The molecule has 136 valence electrons. The highest BCUT2D eigenvalue weighted by Gasteiger charge is 2.12. The van der Waals surface area contributed by atoms with Crippen LogP contribution < -0.4 is 0 Å². The number of carboxylic acids is 1. The predicted molar refractivity (Wildman–Crippen MR) is 107 cm³/mol. The van der Waals surface area contributed by atoms with Crippen molar-refractivity contribution >= 4 is 28.5 Å². The van der Waals surface area contributed by atoms with Crippen LogP contribution in [0, 0.1) is 11.3 Å². The molecule has 0 atom stereocenters. The molecule has 0 spiro atoms. The van der Waals surface area contributed by atoms with Crippen LogP contribution in [0.15, 0.2) is 77.3 Å². The second-order valence-electron chi connectivity index (χ2n) is 6.34. The van der Waals surface area contributed by atoms with Crippen molar-refractivity contribution in [1.82, 2.24) is 4.57 Å². The Kier molecular flexibility index (Phi) is 4.53. The molecule has 0 aliphatic heterocycles. The Morgan fingerprint density at radius 3 is 2.54 bits per heavy atom. The molecule has 0 amide bonds. The van der Waals surface area contributed by atoms with Gasteiger partial charge in [0.2, 0.25) is 5.76 Å². The summed E-state index contributed by atoms with van der Waals surface area (Å²) < 4.78 is 7.38. The molecule has 28 heavy (non-hydrogen) atoms. The fourth-order valence-electron chi connectivity index (χ4n) is 3.22. The van der Waals surface area contributed by atoms with Gasteiger partial charge in [-0.05, 0) is 29.8 Å². The molecule has 5 heteroatoms. The first-order chi connectivity index (χ1) is 13.7. The Morgan fingerprint density at radius 1 is 1.07 bits per heavy atom. The molecule has 0 radical (unpaired) electrons. The minimum absolute atomic E-state index is 0.0811. The summed E-state index contributed by atoms with van der Waals surface area (Å²) in [5.74, 6) is -0.617. The van der Waals surface area contributed by atoms with Gasteiger partial charge in [0.25, 0.3) is 0 Å². The summed E-state index contributed by atoms with van der Waals surface area (Å²) in [4.78, 5) is 11.0. The molecule has 2 heterocycles. The normalized spacial score (nSPS) is 11.5. The summed E-state index contributed by atoms with van der Waals surface area (Å²) in [5.41, 5.74) is 3.34. The van der Waals surface area contributed by atoms with E-state index in [9.17, 15) is 10.1 Å². The number of hydrogen-bond acceptors (Lipinski definition) is 3.